The molecule has 16 heteroatoms. The lowest BCUT2D eigenvalue weighted by Crippen LogP contribution is -2.45. The summed E-state index contributed by atoms with van der Waals surface area (Å²) in [6.45, 7) is 5.60. The molecule has 2 aliphatic carbocycles. The molecule has 0 radical (unpaired) electrons. The van der Waals surface area contributed by atoms with Gasteiger partial charge in [0.1, 0.15) is 24.1 Å². The molecule has 2 aromatic heterocycles. The third-order valence-corrected chi connectivity index (χ3v) is 14.1. The third kappa shape index (κ3) is 8.68. The van der Waals surface area contributed by atoms with Crippen molar-refractivity contribution < 1.29 is 36.6 Å². The van der Waals surface area contributed by atoms with Crippen LogP contribution < -0.4 is 15.4 Å². The summed E-state index contributed by atoms with van der Waals surface area (Å²) < 4.78 is 69.4. The average molecular weight is 800 g/mol. The molecular formula is C38H46FN5O7S3. The predicted octanol–water partition coefficient (Wildman–Crippen LogP) is 6.69. The van der Waals surface area contributed by atoms with Gasteiger partial charge in [0.05, 0.1) is 39.0 Å². The second-order valence-corrected chi connectivity index (χ2v) is 19.5. The van der Waals surface area contributed by atoms with E-state index in [2.05, 4.69) is 20.6 Å². The van der Waals surface area contributed by atoms with Crippen molar-refractivity contribution >= 4 is 54.1 Å². The molecular weight excluding hydrogens is 754 g/mol. The monoisotopic (exact) mass is 799 g/mol. The Morgan fingerprint density at radius 1 is 1.11 bits per heavy atom. The SMILES string of the molecule is Cc1nc(COc2ccc(C[C@@H](CCN(CC(C)(C)F)S(=O)(=O)c3ccc4nc(NC5CC5)sc4c3)NC(=O)OC3C4COC5OCC3C5C4)cc2)cs1. The number of benzene rings is 2. The number of thiazole rings is 2. The van der Waals surface area contributed by atoms with Crippen LogP contribution in [0.4, 0.5) is 14.3 Å². The number of carbonyl (C=O) groups excluding carboxylic acids is 1. The van der Waals surface area contributed by atoms with Gasteiger partial charge in [-0.2, -0.15) is 4.31 Å². The summed E-state index contributed by atoms with van der Waals surface area (Å²) in [6, 6.07) is 12.3. The van der Waals surface area contributed by atoms with Gasteiger partial charge in [-0.3, -0.25) is 0 Å². The first-order valence-electron chi connectivity index (χ1n) is 18.6. The van der Waals surface area contributed by atoms with Crippen molar-refractivity contribution in [3.63, 3.8) is 0 Å². The number of hydrogen-bond donors (Lipinski definition) is 2. The molecule has 2 aromatic carbocycles. The van der Waals surface area contributed by atoms with E-state index in [0.717, 1.165) is 45.4 Å². The molecule has 5 unspecified atom stereocenters. The van der Waals surface area contributed by atoms with Gasteiger partial charge in [0, 0.05) is 48.3 Å². The average Bonchev–Trinajstić information content (AvgIpc) is 3.40. The van der Waals surface area contributed by atoms with Crippen molar-refractivity contribution in [2.24, 2.45) is 17.8 Å². The highest BCUT2D eigenvalue weighted by molar-refractivity contribution is 7.89. The lowest BCUT2D eigenvalue weighted by molar-refractivity contribution is -0.169. The number of amides is 1. The summed E-state index contributed by atoms with van der Waals surface area (Å²) >= 11 is 2.98. The first-order chi connectivity index (χ1) is 25.9. The number of fused-ring (bicyclic) bond motifs is 2. The Bertz CT molecular complexity index is 2070. The van der Waals surface area contributed by atoms with Crippen LogP contribution in [0, 0.1) is 24.7 Å². The summed E-state index contributed by atoms with van der Waals surface area (Å²) in [5.41, 5.74) is 0.650. The molecule has 2 aliphatic heterocycles. The van der Waals surface area contributed by atoms with Crippen LogP contribution in [-0.4, -0.2) is 85.2 Å². The zero-order chi connectivity index (χ0) is 37.6. The fourth-order valence-corrected chi connectivity index (χ4v) is 11.0. The van der Waals surface area contributed by atoms with E-state index in [0.29, 0.717) is 43.5 Å². The minimum absolute atomic E-state index is 0.0375. The molecule has 8 rings (SSSR count). The van der Waals surface area contributed by atoms with Gasteiger partial charge in [-0.1, -0.05) is 23.5 Å². The van der Waals surface area contributed by atoms with Crippen molar-refractivity contribution in [3.05, 3.63) is 64.1 Å². The van der Waals surface area contributed by atoms with Gasteiger partial charge in [0.2, 0.25) is 10.0 Å². The fraction of sp³-hybridized carbons (Fsp3) is 0.553. The van der Waals surface area contributed by atoms with Gasteiger partial charge in [-0.05, 0) is 88.8 Å². The van der Waals surface area contributed by atoms with Crippen LogP contribution in [0.1, 0.15) is 55.8 Å². The highest BCUT2D eigenvalue weighted by atomic mass is 32.2. The van der Waals surface area contributed by atoms with E-state index >= 15 is 4.39 Å². The summed E-state index contributed by atoms with van der Waals surface area (Å²) in [5.74, 6) is 1.08. The van der Waals surface area contributed by atoms with Crippen LogP contribution >= 0.6 is 22.7 Å². The Kier molecular flexibility index (Phi) is 10.6. The number of sulfonamides is 1. The molecule has 6 atom stereocenters. The molecule has 0 spiro atoms. The number of halogens is 1. The maximum Gasteiger partial charge on any atom is 0.407 e. The first kappa shape index (κ1) is 37.5. The smallest absolute Gasteiger partial charge is 0.407 e. The number of hydrogen-bond acceptors (Lipinski definition) is 12. The molecule has 12 nitrogen and oxygen atoms in total. The van der Waals surface area contributed by atoms with E-state index in [1.54, 1.807) is 23.5 Å². The van der Waals surface area contributed by atoms with Gasteiger partial charge in [-0.25, -0.2) is 27.6 Å². The number of alkyl halides is 1. The molecule has 54 heavy (non-hydrogen) atoms. The maximum atomic E-state index is 15.3. The van der Waals surface area contributed by atoms with E-state index in [-0.39, 0.29) is 54.6 Å². The van der Waals surface area contributed by atoms with E-state index in [4.69, 9.17) is 18.9 Å². The Morgan fingerprint density at radius 2 is 1.91 bits per heavy atom. The number of carbonyl (C=O) groups is 1. The summed E-state index contributed by atoms with van der Waals surface area (Å²) in [6.07, 6.45) is 2.53. The molecule has 2 bridgehead atoms. The topological polar surface area (TPSA) is 141 Å². The van der Waals surface area contributed by atoms with Crippen molar-refractivity contribution in [3.8, 4) is 5.75 Å². The second-order valence-electron chi connectivity index (χ2n) is 15.5. The van der Waals surface area contributed by atoms with Gasteiger partial charge in [-0.15, -0.1) is 11.3 Å². The third-order valence-electron chi connectivity index (χ3n) is 10.5. The van der Waals surface area contributed by atoms with E-state index in [1.165, 1.54) is 35.6 Å². The van der Waals surface area contributed by atoms with Crippen molar-refractivity contribution in [2.45, 2.75) is 94.5 Å². The highest BCUT2D eigenvalue weighted by Gasteiger charge is 2.56. The van der Waals surface area contributed by atoms with Crippen LogP contribution in [0.15, 0.2) is 52.7 Å². The normalized spacial score (nSPS) is 24.2. The zero-order valence-corrected chi connectivity index (χ0v) is 33.0. The van der Waals surface area contributed by atoms with Crippen molar-refractivity contribution in [1.82, 2.24) is 19.6 Å². The molecule has 2 saturated heterocycles. The second kappa shape index (κ2) is 15.3. The Balaban J connectivity index is 0.989. The summed E-state index contributed by atoms with van der Waals surface area (Å²) in [5, 5.41) is 10.1. The van der Waals surface area contributed by atoms with E-state index in [9.17, 15) is 13.2 Å². The summed E-state index contributed by atoms with van der Waals surface area (Å²) in [7, 11) is -4.13. The predicted molar refractivity (Wildman–Crippen MR) is 204 cm³/mol. The van der Waals surface area contributed by atoms with Crippen LogP contribution in [-0.2, 0) is 37.3 Å². The number of rotatable bonds is 16. The molecule has 4 aliphatic rings. The molecule has 2 saturated carbocycles. The fourth-order valence-electron chi connectivity index (χ4n) is 7.72. The Labute approximate surface area is 322 Å². The van der Waals surface area contributed by atoms with Gasteiger partial charge < -0.3 is 29.6 Å². The molecule has 2 N–H and O–H groups in total. The van der Waals surface area contributed by atoms with Gasteiger partial charge in [0.15, 0.2) is 11.4 Å². The standard InChI is InChI=1S/C38H46FN5O7S3/c1-22-40-27(20-52-22)18-48-28-8-4-23(5-9-28)14-26(42-37(45)51-34-24-15-30-31(34)19-50-35(30)49-17-24)12-13-44(21-38(2,3)39)54(46,47)29-10-11-32-33(16-29)53-36(43-32)41-25-6-7-25/h4-5,8-11,16,20,24-26,30-31,34-35H,6-7,12-15,17-19,21H2,1-3H3,(H,41,43)(H,42,45)/t24?,26-,30?,31?,34?,35?/m1/s1. The van der Waals surface area contributed by atoms with Crippen LogP contribution in [0.3, 0.4) is 0 Å². The number of aromatic nitrogens is 2. The molecule has 4 heterocycles. The number of alkyl carbamates (subject to hydrolysis) is 1. The number of aryl methyl sites for hydroxylation is 1. The van der Waals surface area contributed by atoms with E-state index in [1.807, 2.05) is 36.6 Å². The van der Waals surface area contributed by atoms with Crippen LogP contribution in [0.25, 0.3) is 10.2 Å². The molecule has 4 fully saturated rings. The van der Waals surface area contributed by atoms with Crippen molar-refractivity contribution in [2.75, 3.05) is 31.6 Å². The highest BCUT2D eigenvalue weighted by Crippen LogP contribution is 2.49. The number of nitrogens with one attached hydrogen (secondary N) is 2. The molecule has 290 valence electrons. The van der Waals surface area contributed by atoms with Crippen molar-refractivity contribution in [1.29, 1.82) is 0 Å². The van der Waals surface area contributed by atoms with Gasteiger partial charge in [0.25, 0.3) is 0 Å². The lowest BCUT2D eigenvalue weighted by Gasteiger charge is -2.30. The van der Waals surface area contributed by atoms with E-state index < -0.39 is 27.8 Å². The molecule has 1 amide bonds. The Morgan fingerprint density at radius 3 is 2.65 bits per heavy atom. The number of ether oxygens (including phenoxy) is 4. The van der Waals surface area contributed by atoms with Crippen LogP contribution in [0.2, 0.25) is 0 Å². The molecule has 4 aromatic rings. The van der Waals surface area contributed by atoms with Gasteiger partial charge >= 0.3 is 6.09 Å². The minimum atomic E-state index is -4.13. The first-order valence-corrected chi connectivity index (χ1v) is 21.7. The minimum Gasteiger partial charge on any atom is -0.487 e. The van der Waals surface area contributed by atoms with Crippen LogP contribution in [0.5, 0.6) is 5.75 Å². The number of anilines is 1. The Hall–Kier alpha value is -3.41. The summed E-state index contributed by atoms with van der Waals surface area (Å²) in [4.78, 5) is 22.7. The number of nitrogens with zero attached hydrogens (tertiary/aromatic N) is 3. The maximum absolute atomic E-state index is 15.3. The zero-order valence-electron chi connectivity index (χ0n) is 30.5. The lowest BCUT2D eigenvalue weighted by atomic mass is 9.98. The largest absolute Gasteiger partial charge is 0.487 e. The quantitative estimate of drug-likeness (QED) is 0.126.